The molecular formula is C31H40F2N4O7. The van der Waals surface area contributed by atoms with Gasteiger partial charge < -0.3 is 34.0 Å². The number of carbonyl (C=O) groups excluding carboxylic acids is 3. The topological polar surface area (TPSA) is 129 Å². The van der Waals surface area contributed by atoms with E-state index in [2.05, 4.69) is 15.3 Å². The van der Waals surface area contributed by atoms with Gasteiger partial charge in [0.2, 0.25) is 11.8 Å². The number of fused-ring (bicyclic) bond motifs is 5. The first-order valence-corrected chi connectivity index (χ1v) is 14.9. The van der Waals surface area contributed by atoms with E-state index in [9.17, 15) is 14.4 Å². The number of benzene rings is 1. The molecule has 2 aromatic rings. The van der Waals surface area contributed by atoms with E-state index in [1.54, 1.807) is 39.8 Å². The summed E-state index contributed by atoms with van der Waals surface area (Å²) in [6.07, 6.45) is 0.353. The number of rotatable bonds is 3. The predicted octanol–water partition coefficient (Wildman–Crippen LogP) is 4.25. The van der Waals surface area contributed by atoms with E-state index in [-0.39, 0.29) is 30.1 Å². The fraction of sp³-hybridized carbons (Fsp3) is 0.645. The minimum absolute atomic E-state index is 0.00877. The molecule has 3 heterocycles. The van der Waals surface area contributed by atoms with Crippen molar-refractivity contribution >= 4 is 29.3 Å². The first-order chi connectivity index (χ1) is 20.7. The van der Waals surface area contributed by atoms with Crippen molar-refractivity contribution in [3.8, 4) is 11.6 Å². The number of carbonyl (C=O) groups is 3. The van der Waals surface area contributed by atoms with Crippen LogP contribution in [0.25, 0.3) is 11.0 Å². The molecular weight excluding hydrogens is 578 g/mol. The second kappa shape index (κ2) is 11.7. The van der Waals surface area contributed by atoms with Crippen molar-refractivity contribution in [1.29, 1.82) is 0 Å². The Labute approximate surface area is 255 Å². The molecule has 1 saturated carbocycles. The van der Waals surface area contributed by atoms with Gasteiger partial charge >= 0.3 is 12.0 Å². The normalized spacial score (nSPS) is 31.0. The van der Waals surface area contributed by atoms with Crippen LogP contribution in [0, 0.1) is 17.3 Å². The molecule has 2 fully saturated rings. The highest BCUT2D eigenvalue weighted by Gasteiger charge is 2.55. The van der Waals surface area contributed by atoms with Crippen molar-refractivity contribution in [2.75, 3.05) is 26.9 Å². The molecule has 0 spiro atoms. The monoisotopic (exact) mass is 618 g/mol. The molecule has 5 rings (SSSR count). The van der Waals surface area contributed by atoms with Crippen LogP contribution >= 0.6 is 0 Å². The number of amides is 2. The summed E-state index contributed by atoms with van der Waals surface area (Å²) in [5.41, 5.74) is -1.77. The van der Waals surface area contributed by atoms with Crippen LogP contribution < -0.4 is 14.8 Å². The van der Waals surface area contributed by atoms with E-state index in [1.165, 1.54) is 18.1 Å². The molecule has 0 unspecified atom stereocenters. The molecule has 11 nitrogen and oxygen atoms in total. The Morgan fingerprint density at radius 1 is 1.20 bits per heavy atom. The lowest BCUT2D eigenvalue weighted by Crippen LogP contribution is -2.56. The van der Waals surface area contributed by atoms with Crippen LogP contribution in [0.15, 0.2) is 18.2 Å². The van der Waals surface area contributed by atoms with E-state index in [1.807, 2.05) is 6.92 Å². The SMILES string of the molecule is CC[C@@H]1[C@@H]2CN(C(=O)[C@H](C(C)(C)C)NC(=O)O[C@]3(C)C[C@H]3CCOCC(F)(F)c3nc4ccc(OC)cc4nc3O2)[C@@H]1C=O. The standard InChI is InChI=1S/C31H40F2N4O7/c1-7-19-22(15-38)37-14-23(19)43-26-24(34-20-9-8-18(41-6)12-21(20)35-26)31(32,33)16-42-11-10-17-13-30(17,5)44-28(40)36-25(27(37)39)29(2,3)4/h8-9,12,15,17,19,22-23,25H,7,10-11,13-14,16H2,1-6H3,(H,36,40)/t17-,19+,22-,23+,25-,30-/m1/s1. The summed E-state index contributed by atoms with van der Waals surface area (Å²) in [5, 5.41) is 2.74. The van der Waals surface area contributed by atoms with Crippen LogP contribution in [-0.2, 0) is 25.0 Å². The molecule has 1 aliphatic carbocycles. The molecule has 13 heteroatoms. The number of nitrogens with one attached hydrogen (secondary N) is 1. The molecule has 1 aromatic heterocycles. The van der Waals surface area contributed by atoms with E-state index in [4.69, 9.17) is 18.9 Å². The molecule has 1 aromatic carbocycles. The Morgan fingerprint density at radius 3 is 2.61 bits per heavy atom. The summed E-state index contributed by atoms with van der Waals surface area (Å²) >= 11 is 0. The molecule has 3 aliphatic rings. The van der Waals surface area contributed by atoms with Gasteiger partial charge in [0.15, 0.2) is 5.69 Å². The molecule has 1 saturated heterocycles. The minimum atomic E-state index is -3.58. The van der Waals surface area contributed by atoms with Gasteiger partial charge in [-0.15, -0.1) is 0 Å². The number of halogens is 2. The number of aldehydes is 1. The summed E-state index contributed by atoms with van der Waals surface area (Å²) in [6, 6.07) is 2.73. The van der Waals surface area contributed by atoms with Crippen LogP contribution in [0.2, 0.25) is 0 Å². The third-order valence-electron chi connectivity index (χ3n) is 8.95. The van der Waals surface area contributed by atoms with Gasteiger partial charge in [0.05, 0.1) is 30.7 Å². The number of alkyl carbamates (subject to hydrolysis) is 1. The highest BCUT2D eigenvalue weighted by molar-refractivity contribution is 5.89. The van der Waals surface area contributed by atoms with E-state index >= 15 is 8.78 Å². The van der Waals surface area contributed by atoms with Gasteiger partial charge in [-0.2, -0.15) is 8.78 Å². The van der Waals surface area contributed by atoms with Gasteiger partial charge in [0, 0.05) is 24.5 Å². The lowest BCUT2D eigenvalue weighted by molar-refractivity contribution is -0.139. The van der Waals surface area contributed by atoms with Crippen molar-refractivity contribution in [2.45, 2.75) is 83.6 Å². The Kier molecular flexibility index (Phi) is 8.47. The zero-order chi connectivity index (χ0) is 32.0. The quantitative estimate of drug-likeness (QED) is 0.502. The number of ether oxygens (including phenoxy) is 4. The third-order valence-corrected chi connectivity index (χ3v) is 8.95. The van der Waals surface area contributed by atoms with Gasteiger partial charge in [-0.25, -0.2) is 14.8 Å². The molecule has 2 aliphatic heterocycles. The van der Waals surface area contributed by atoms with Crippen LogP contribution in [-0.4, -0.2) is 83.8 Å². The number of alkyl halides is 2. The number of hydrogen-bond donors (Lipinski definition) is 1. The van der Waals surface area contributed by atoms with E-state index in [0.717, 1.165) is 0 Å². The molecule has 1 N–H and O–H groups in total. The minimum Gasteiger partial charge on any atom is -0.497 e. The van der Waals surface area contributed by atoms with Crippen molar-refractivity contribution in [1.82, 2.24) is 20.2 Å². The fourth-order valence-corrected chi connectivity index (χ4v) is 6.18. The molecule has 44 heavy (non-hydrogen) atoms. The van der Waals surface area contributed by atoms with Gasteiger partial charge in [-0.05, 0) is 43.7 Å². The molecule has 2 amide bonds. The van der Waals surface area contributed by atoms with Crippen LogP contribution in [0.1, 0.15) is 59.6 Å². The average Bonchev–Trinajstić information content (AvgIpc) is 3.45. The summed E-state index contributed by atoms with van der Waals surface area (Å²) in [5.74, 6) is -4.67. The van der Waals surface area contributed by atoms with Crippen molar-refractivity contribution < 1.29 is 42.1 Å². The molecule has 0 radical (unpaired) electrons. The average molecular weight is 619 g/mol. The largest absolute Gasteiger partial charge is 0.497 e. The third kappa shape index (κ3) is 6.15. The Hall–Kier alpha value is -3.61. The van der Waals surface area contributed by atoms with Gasteiger partial charge in [0.1, 0.15) is 36.4 Å². The maximum atomic E-state index is 15.8. The summed E-state index contributed by atoms with van der Waals surface area (Å²) in [7, 11) is 1.48. The summed E-state index contributed by atoms with van der Waals surface area (Å²) in [4.78, 5) is 49.6. The maximum Gasteiger partial charge on any atom is 0.408 e. The molecule has 240 valence electrons. The molecule has 6 atom stereocenters. The first-order valence-electron chi connectivity index (χ1n) is 14.9. The van der Waals surface area contributed by atoms with E-state index in [0.29, 0.717) is 31.3 Å². The lowest BCUT2D eigenvalue weighted by Gasteiger charge is -2.35. The Bertz CT molecular complexity index is 1430. The van der Waals surface area contributed by atoms with Crippen molar-refractivity contribution in [3.63, 3.8) is 0 Å². The Morgan fingerprint density at radius 2 is 1.95 bits per heavy atom. The molecule has 2 bridgehead atoms. The zero-order valence-corrected chi connectivity index (χ0v) is 25.9. The van der Waals surface area contributed by atoms with Gasteiger partial charge in [-0.1, -0.05) is 27.7 Å². The van der Waals surface area contributed by atoms with Gasteiger partial charge in [0.25, 0.3) is 0 Å². The highest BCUT2D eigenvalue weighted by atomic mass is 19.3. The smallest absolute Gasteiger partial charge is 0.408 e. The van der Waals surface area contributed by atoms with Crippen molar-refractivity contribution in [2.24, 2.45) is 17.3 Å². The first kappa shape index (κ1) is 31.8. The number of methoxy groups -OCH3 is 1. The van der Waals surface area contributed by atoms with Crippen LogP contribution in [0.3, 0.4) is 0 Å². The highest BCUT2D eigenvalue weighted by Crippen LogP contribution is 2.49. The van der Waals surface area contributed by atoms with Crippen LogP contribution in [0.4, 0.5) is 13.6 Å². The lowest BCUT2D eigenvalue weighted by atomic mass is 9.85. The zero-order valence-electron chi connectivity index (χ0n) is 25.9. The predicted molar refractivity (Wildman–Crippen MR) is 155 cm³/mol. The van der Waals surface area contributed by atoms with E-state index < -0.39 is 71.2 Å². The second-order valence-electron chi connectivity index (χ2n) is 13.2. The second-order valence-corrected chi connectivity index (χ2v) is 13.2. The number of nitrogens with zero attached hydrogens (tertiary/aromatic N) is 3. The number of aromatic nitrogens is 2. The number of hydrogen-bond acceptors (Lipinski definition) is 9. The van der Waals surface area contributed by atoms with Crippen molar-refractivity contribution in [3.05, 3.63) is 23.9 Å². The Balaban J connectivity index is 1.58. The fourth-order valence-electron chi connectivity index (χ4n) is 6.18. The van der Waals surface area contributed by atoms with Gasteiger partial charge in [-0.3, -0.25) is 4.79 Å². The summed E-state index contributed by atoms with van der Waals surface area (Å²) < 4.78 is 54.2. The van der Waals surface area contributed by atoms with Crippen LogP contribution in [0.5, 0.6) is 11.6 Å². The maximum absolute atomic E-state index is 15.8. The summed E-state index contributed by atoms with van der Waals surface area (Å²) in [6.45, 7) is 7.92.